The molecule has 164 valence electrons. The molecule has 0 radical (unpaired) electrons. The van der Waals surface area contributed by atoms with Crippen LogP contribution < -0.4 is 15.8 Å². The van der Waals surface area contributed by atoms with Gasteiger partial charge in [-0.3, -0.25) is 9.59 Å². The molecule has 3 N–H and O–H groups in total. The lowest BCUT2D eigenvalue weighted by Crippen LogP contribution is -3.08. The number of nitrogens with zero attached hydrogens (tertiary/aromatic N) is 1. The average molecular weight is 468 g/mol. The highest BCUT2D eigenvalue weighted by Crippen LogP contribution is 2.31. The van der Waals surface area contributed by atoms with Crippen molar-refractivity contribution in [1.82, 2.24) is 9.97 Å². The Morgan fingerprint density at radius 2 is 1.84 bits per heavy atom. The molecule has 32 heavy (non-hydrogen) atoms. The van der Waals surface area contributed by atoms with Gasteiger partial charge in [0.1, 0.15) is 11.4 Å². The van der Waals surface area contributed by atoms with Crippen molar-refractivity contribution < 1.29 is 9.69 Å². The molecule has 4 aromatic rings. The highest BCUT2D eigenvalue weighted by Gasteiger charge is 2.17. The van der Waals surface area contributed by atoms with Crippen LogP contribution >= 0.6 is 22.9 Å². The number of para-hydroxylation sites is 1. The van der Waals surface area contributed by atoms with Gasteiger partial charge in [0.2, 0.25) is 0 Å². The smallest absolute Gasteiger partial charge is 0.279 e. The molecular formula is C24H24ClN4O2S+. The van der Waals surface area contributed by atoms with Crippen molar-refractivity contribution in [2.24, 2.45) is 0 Å². The van der Waals surface area contributed by atoms with Gasteiger partial charge in [0.05, 0.1) is 12.4 Å². The topological polar surface area (TPSA) is 79.3 Å². The van der Waals surface area contributed by atoms with Crippen molar-refractivity contribution in [2.75, 3.05) is 18.9 Å². The first kappa shape index (κ1) is 22.2. The zero-order valence-electron chi connectivity index (χ0n) is 18.1. The molecule has 6 nitrogen and oxygen atoms in total. The number of hydrogen-bond donors (Lipinski definition) is 3. The minimum atomic E-state index is -0.177. The van der Waals surface area contributed by atoms with Crippen LogP contribution in [0.1, 0.15) is 17.0 Å². The highest BCUT2D eigenvalue weighted by molar-refractivity contribution is 7.17. The second kappa shape index (κ2) is 9.24. The molecule has 1 unspecified atom stereocenters. The second-order valence-corrected chi connectivity index (χ2v) is 9.27. The molecule has 0 aliphatic carbocycles. The summed E-state index contributed by atoms with van der Waals surface area (Å²) in [6, 6.07) is 13.3. The van der Waals surface area contributed by atoms with Crippen LogP contribution in [0, 0.1) is 13.8 Å². The van der Waals surface area contributed by atoms with Crippen LogP contribution in [0.5, 0.6) is 0 Å². The SMILES string of the molecule is Cc1cccc(C)c1NC(=O)C[NH+](C)Cc1nc2scc(-c3ccc(Cl)cc3)c2c(=O)[nH]1. The lowest BCUT2D eigenvalue weighted by atomic mass is 10.1. The Balaban J connectivity index is 1.49. The molecule has 1 atom stereocenters. The predicted molar refractivity (Wildman–Crippen MR) is 131 cm³/mol. The first-order chi connectivity index (χ1) is 15.3. The van der Waals surface area contributed by atoms with E-state index < -0.39 is 0 Å². The van der Waals surface area contributed by atoms with E-state index in [9.17, 15) is 9.59 Å². The van der Waals surface area contributed by atoms with Crippen LogP contribution in [-0.2, 0) is 11.3 Å². The summed E-state index contributed by atoms with van der Waals surface area (Å²) >= 11 is 7.41. The Labute approximate surface area is 194 Å². The third-order valence-corrected chi connectivity index (χ3v) is 6.45. The van der Waals surface area contributed by atoms with E-state index in [0.717, 1.165) is 32.8 Å². The van der Waals surface area contributed by atoms with E-state index in [4.69, 9.17) is 11.6 Å². The molecule has 1 amide bonds. The summed E-state index contributed by atoms with van der Waals surface area (Å²) in [6.45, 7) is 4.64. The number of rotatable bonds is 6. The van der Waals surface area contributed by atoms with Gasteiger partial charge >= 0.3 is 0 Å². The molecule has 0 saturated heterocycles. The molecule has 2 heterocycles. The van der Waals surface area contributed by atoms with Crippen molar-refractivity contribution in [2.45, 2.75) is 20.4 Å². The van der Waals surface area contributed by atoms with Gasteiger partial charge in [-0.25, -0.2) is 4.98 Å². The van der Waals surface area contributed by atoms with E-state index in [1.807, 2.05) is 56.6 Å². The zero-order valence-corrected chi connectivity index (χ0v) is 19.7. The number of carbonyl (C=O) groups is 1. The van der Waals surface area contributed by atoms with E-state index in [1.54, 1.807) is 12.1 Å². The fourth-order valence-electron chi connectivity index (χ4n) is 3.74. The van der Waals surface area contributed by atoms with Gasteiger partial charge in [-0.2, -0.15) is 0 Å². The number of benzene rings is 2. The second-order valence-electron chi connectivity index (χ2n) is 7.97. The normalized spacial score (nSPS) is 12.1. The van der Waals surface area contributed by atoms with Gasteiger partial charge in [0.15, 0.2) is 12.4 Å². The summed E-state index contributed by atoms with van der Waals surface area (Å²) in [7, 11) is 1.90. The number of carbonyl (C=O) groups excluding carboxylic acids is 1. The minimum absolute atomic E-state index is 0.0792. The van der Waals surface area contributed by atoms with Gasteiger partial charge in [-0.15, -0.1) is 11.3 Å². The van der Waals surface area contributed by atoms with Gasteiger partial charge < -0.3 is 15.2 Å². The van der Waals surface area contributed by atoms with Crippen LogP contribution in [0.25, 0.3) is 21.3 Å². The first-order valence-electron chi connectivity index (χ1n) is 10.3. The Bertz CT molecular complexity index is 1320. The Kier molecular flexibility index (Phi) is 6.41. The summed E-state index contributed by atoms with van der Waals surface area (Å²) in [6.07, 6.45) is 0. The zero-order chi connectivity index (χ0) is 22.8. The van der Waals surface area contributed by atoms with Crippen LogP contribution in [0.15, 0.2) is 52.6 Å². The number of aryl methyl sites for hydroxylation is 2. The number of likely N-dealkylation sites (N-methyl/N-ethyl adjacent to an activating group) is 1. The molecular weight excluding hydrogens is 444 g/mol. The summed E-state index contributed by atoms with van der Waals surface area (Å²) in [5.74, 6) is 0.480. The molecule has 0 bridgehead atoms. The fraction of sp³-hybridized carbons (Fsp3) is 0.208. The number of amides is 1. The minimum Gasteiger partial charge on any atom is -0.323 e. The summed E-state index contributed by atoms with van der Waals surface area (Å²) in [5, 5.41) is 6.16. The quantitative estimate of drug-likeness (QED) is 0.405. The van der Waals surface area contributed by atoms with Crippen LogP contribution in [0.4, 0.5) is 5.69 Å². The van der Waals surface area contributed by atoms with Crippen molar-refractivity contribution in [3.05, 3.63) is 80.2 Å². The number of anilines is 1. The van der Waals surface area contributed by atoms with Crippen molar-refractivity contribution in [3.8, 4) is 11.1 Å². The maximum absolute atomic E-state index is 12.8. The number of nitrogens with one attached hydrogen (secondary N) is 3. The third kappa shape index (κ3) is 4.75. The largest absolute Gasteiger partial charge is 0.323 e. The van der Waals surface area contributed by atoms with E-state index in [-0.39, 0.29) is 18.0 Å². The number of quaternary nitrogens is 1. The summed E-state index contributed by atoms with van der Waals surface area (Å²) in [4.78, 5) is 34.5. The molecule has 2 aromatic heterocycles. The molecule has 0 spiro atoms. The van der Waals surface area contributed by atoms with Crippen LogP contribution in [0.3, 0.4) is 0 Å². The molecule has 4 rings (SSSR count). The lowest BCUT2D eigenvalue weighted by Gasteiger charge is -2.15. The number of aromatic amines is 1. The first-order valence-corrected chi connectivity index (χ1v) is 11.5. The Hall–Kier alpha value is -3.00. The number of fused-ring (bicyclic) bond motifs is 1. The van der Waals surface area contributed by atoms with E-state index in [0.29, 0.717) is 27.6 Å². The van der Waals surface area contributed by atoms with Crippen LogP contribution in [-0.4, -0.2) is 29.5 Å². The highest BCUT2D eigenvalue weighted by atomic mass is 35.5. The van der Waals surface area contributed by atoms with E-state index in [1.165, 1.54) is 11.3 Å². The van der Waals surface area contributed by atoms with E-state index in [2.05, 4.69) is 15.3 Å². The predicted octanol–water partition coefficient (Wildman–Crippen LogP) is 3.58. The fourth-order valence-corrected chi connectivity index (χ4v) is 4.83. The number of thiophene rings is 1. The van der Waals surface area contributed by atoms with Gasteiger partial charge in [0.25, 0.3) is 11.5 Å². The van der Waals surface area contributed by atoms with E-state index >= 15 is 0 Å². The van der Waals surface area contributed by atoms with Gasteiger partial charge in [-0.05, 0) is 42.7 Å². The standard InChI is InChI=1S/C24H23ClN4O2S/c1-14-5-4-6-15(2)22(14)28-20(30)12-29(3)11-19-26-23(31)21-18(13-32-24(21)27-19)16-7-9-17(25)10-8-16/h4-10,13H,11-12H2,1-3H3,(H,28,30)(H,26,27,31)/p+1. The average Bonchev–Trinajstić information content (AvgIpc) is 3.16. The van der Waals surface area contributed by atoms with Crippen molar-refractivity contribution >= 4 is 44.7 Å². The van der Waals surface area contributed by atoms with Crippen molar-refractivity contribution in [1.29, 1.82) is 0 Å². The van der Waals surface area contributed by atoms with Crippen molar-refractivity contribution in [3.63, 3.8) is 0 Å². The monoisotopic (exact) mass is 467 g/mol. The number of halogens is 1. The number of H-pyrrole nitrogens is 1. The third-order valence-electron chi connectivity index (χ3n) is 5.33. The summed E-state index contributed by atoms with van der Waals surface area (Å²) < 4.78 is 0. The molecule has 0 fully saturated rings. The Morgan fingerprint density at radius 1 is 1.16 bits per heavy atom. The Morgan fingerprint density at radius 3 is 2.53 bits per heavy atom. The maximum Gasteiger partial charge on any atom is 0.279 e. The lowest BCUT2D eigenvalue weighted by molar-refractivity contribution is -0.885. The molecule has 8 heteroatoms. The molecule has 2 aromatic carbocycles. The molecule has 0 saturated carbocycles. The number of hydrogen-bond acceptors (Lipinski definition) is 4. The molecule has 0 aliphatic rings. The molecule has 0 aliphatic heterocycles. The summed E-state index contributed by atoms with van der Waals surface area (Å²) in [5.41, 5.74) is 4.50. The van der Waals surface area contributed by atoms with Crippen LogP contribution in [0.2, 0.25) is 5.02 Å². The van der Waals surface area contributed by atoms with Gasteiger partial charge in [0, 0.05) is 21.7 Å². The number of aromatic nitrogens is 2. The maximum atomic E-state index is 12.8. The van der Waals surface area contributed by atoms with Gasteiger partial charge in [-0.1, -0.05) is 41.9 Å².